The van der Waals surface area contributed by atoms with Crippen molar-refractivity contribution in [2.24, 2.45) is 0 Å². The van der Waals surface area contributed by atoms with Crippen molar-refractivity contribution in [2.45, 2.75) is 14.7 Å². The first-order valence-electron chi connectivity index (χ1n) is 3.89. The Hall–Kier alpha value is -0.0500. The van der Waals surface area contributed by atoms with E-state index in [1.807, 2.05) is 0 Å². The molecule has 0 spiro atoms. The van der Waals surface area contributed by atoms with Crippen LogP contribution in [0, 0.1) is 0 Å². The summed E-state index contributed by atoms with van der Waals surface area (Å²) in [4.78, 5) is -3.32. The molecule has 1 aromatic rings. The average molecular weight is 342 g/mol. The van der Waals surface area contributed by atoms with E-state index in [2.05, 4.69) is 0 Å². The minimum atomic E-state index is -4.92. The van der Waals surface area contributed by atoms with E-state index in [1.54, 1.807) is 0 Å². The van der Waals surface area contributed by atoms with Crippen molar-refractivity contribution in [1.82, 2.24) is 0 Å². The molecule has 0 saturated heterocycles. The van der Waals surface area contributed by atoms with Crippen molar-refractivity contribution in [3.63, 3.8) is 0 Å². The molecule has 104 valence electrons. The molecule has 0 radical (unpaired) electrons. The van der Waals surface area contributed by atoms with Crippen LogP contribution in [0.25, 0.3) is 0 Å². The zero-order valence-electron chi connectivity index (χ0n) is 10.2. The SMILES string of the molecule is O=S(=O)(O)c1cc(S(=O)(=O)O)cc(S(=O)(=O)O)c1.[H-].[Na+]. The predicted molar refractivity (Wildman–Crippen MR) is 57.0 cm³/mol. The van der Waals surface area contributed by atoms with Crippen molar-refractivity contribution < 1.29 is 69.9 Å². The van der Waals surface area contributed by atoms with Crippen LogP contribution in [-0.4, -0.2) is 38.9 Å². The van der Waals surface area contributed by atoms with Gasteiger partial charge in [0.15, 0.2) is 0 Å². The topological polar surface area (TPSA) is 163 Å². The Kier molecular flexibility index (Phi) is 5.73. The van der Waals surface area contributed by atoms with Crippen LogP contribution in [-0.2, 0) is 30.4 Å². The average Bonchev–Trinajstić information content (AvgIpc) is 2.13. The van der Waals surface area contributed by atoms with Crippen molar-refractivity contribution in [1.29, 1.82) is 0 Å². The summed E-state index contributed by atoms with van der Waals surface area (Å²) in [5.74, 6) is 0. The van der Waals surface area contributed by atoms with Crippen LogP contribution >= 0.6 is 0 Å². The molecule has 0 aliphatic rings. The van der Waals surface area contributed by atoms with Gasteiger partial charge >= 0.3 is 29.6 Å². The predicted octanol–water partition coefficient (Wildman–Crippen LogP) is -3.46. The van der Waals surface area contributed by atoms with Crippen molar-refractivity contribution >= 4 is 30.4 Å². The van der Waals surface area contributed by atoms with E-state index in [9.17, 15) is 25.3 Å². The van der Waals surface area contributed by atoms with Crippen molar-refractivity contribution in [2.75, 3.05) is 0 Å². The van der Waals surface area contributed by atoms with Gasteiger partial charge in [-0.15, -0.1) is 0 Å². The number of hydrogen-bond donors (Lipinski definition) is 3. The summed E-state index contributed by atoms with van der Waals surface area (Å²) in [6.07, 6.45) is 0. The summed E-state index contributed by atoms with van der Waals surface area (Å²) in [5, 5.41) is 0. The maximum atomic E-state index is 10.8. The Bertz CT molecular complexity index is 674. The van der Waals surface area contributed by atoms with Gasteiger partial charge in [0.2, 0.25) is 0 Å². The Morgan fingerprint density at radius 3 is 0.895 bits per heavy atom. The zero-order chi connectivity index (χ0) is 14.4. The first kappa shape index (κ1) is 18.9. The molecule has 0 heterocycles. The van der Waals surface area contributed by atoms with E-state index in [-0.39, 0.29) is 31.0 Å². The molecular formula is C6H7NaO9S3. The van der Waals surface area contributed by atoms with Crippen LogP contribution in [0.15, 0.2) is 32.9 Å². The summed E-state index contributed by atoms with van der Waals surface area (Å²) in [5.41, 5.74) is 0. The second-order valence-electron chi connectivity index (χ2n) is 3.07. The molecule has 0 bridgehead atoms. The van der Waals surface area contributed by atoms with Gasteiger partial charge in [0.05, 0.1) is 14.7 Å². The summed E-state index contributed by atoms with van der Waals surface area (Å²) < 4.78 is 90.8. The van der Waals surface area contributed by atoms with Crippen LogP contribution in [0.4, 0.5) is 0 Å². The largest absolute Gasteiger partial charge is 1.00 e. The molecule has 0 saturated carbocycles. The first-order chi connectivity index (χ1) is 7.82. The van der Waals surface area contributed by atoms with Crippen molar-refractivity contribution in [3.8, 4) is 0 Å². The van der Waals surface area contributed by atoms with Gasteiger partial charge in [-0.05, 0) is 18.2 Å². The van der Waals surface area contributed by atoms with Gasteiger partial charge in [0.25, 0.3) is 30.4 Å². The molecule has 0 aliphatic carbocycles. The Balaban J connectivity index is 0. The van der Waals surface area contributed by atoms with Gasteiger partial charge in [0.1, 0.15) is 0 Å². The fourth-order valence-corrected chi connectivity index (χ4v) is 2.87. The van der Waals surface area contributed by atoms with Gasteiger partial charge < -0.3 is 1.43 Å². The van der Waals surface area contributed by atoms with Crippen LogP contribution < -0.4 is 29.6 Å². The standard InChI is InChI=1S/C6H6O9S3.Na.H/c7-16(8,9)4-1-5(17(10,11)12)3-6(2-4)18(13,14)15;;/h1-3H,(H,7,8,9)(H,10,11,12)(H,13,14,15);;/q;+1;-1. The number of benzene rings is 1. The molecule has 1 aromatic carbocycles. The maximum Gasteiger partial charge on any atom is 1.00 e. The Morgan fingerprint density at radius 1 is 0.632 bits per heavy atom. The summed E-state index contributed by atoms with van der Waals surface area (Å²) >= 11 is 0. The van der Waals surface area contributed by atoms with E-state index in [1.165, 1.54) is 0 Å². The summed E-state index contributed by atoms with van der Waals surface area (Å²) in [7, 11) is -14.8. The van der Waals surface area contributed by atoms with Crippen molar-refractivity contribution in [3.05, 3.63) is 18.2 Å². The number of hydrogen-bond acceptors (Lipinski definition) is 6. The fraction of sp³-hybridized carbons (Fsp3) is 0. The van der Waals surface area contributed by atoms with Crippen LogP contribution in [0.1, 0.15) is 1.43 Å². The van der Waals surface area contributed by atoms with Gasteiger partial charge in [0, 0.05) is 0 Å². The first-order valence-corrected chi connectivity index (χ1v) is 8.21. The van der Waals surface area contributed by atoms with Crippen LogP contribution in [0.3, 0.4) is 0 Å². The molecule has 13 heteroatoms. The van der Waals surface area contributed by atoms with Crippen LogP contribution in [0.2, 0.25) is 0 Å². The van der Waals surface area contributed by atoms with E-state index >= 15 is 0 Å². The fourth-order valence-electron chi connectivity index (χ4n) is 0.992. The smallest absolute Gasteiger partial charge is 1.00 e. The molecule has 0 aliphatic heterocycles. The third-order valence-corrected chi connectivity index (χ3v) is 4.24. The third-order valence-electron chi connectivity index (χ3n) is 1.75. The minimum absolute atomic E-state index is 0. The Labute approximate surface area is 132 Å². The zero-order valence-corrected chi connectivity index (χ0v) is 13.7. The van der Waals surface area contributed by atoms with Crippen LogP contribution in [0.5, 0.6) is 0 Å². The summed E-state index contributed by atoms with van der Waals surface area (Å²) in [6, 6.07) is 0.998. The molecule has 1 rings (SSSR count). The van der Waals surface area contributed by atoms with Gasteiger partial charge in [-0.25, -0.2) is 0 Å². The van der Waals surface area contributed by atoms with Gasteiger partial charge in [-0.1, -0.05) is 0 Å². The second kappa shape index (κ2) is 5.75. The summed E-state index contributed by atoms with van der Waals surface area (Å²) in [6.45, 7) is 0. The van der Waals surface area contributed by atoms with E-state index in [0.717, 1.165) is 0 Å². The van der Waals surface area contributed by atoms with Gasteiger partial charge in [-0.2, -0.15) is 25.3 Å². The van der Waals surface area contributed by atoms with E-state index < -0.39 is 45.0 Å². The third kappa shape index (κ3) is 5.09. The quantitative estimate of drug-likeness (QED) is 0.374. The maximum absolute atomic E-state index is 10.8. The minimum Gasteiger partial charge on any atom is -1.00 e. The van der Waals surface area contributed by atoms with Gasteiger partial charge in [-0.3, -0.25) is 13.7 Å². The molecule has 0 amide bonds. The molecule has 0 fully saturated rings. The molecule has 0 aromatic heterocycles. The molecule has 3 N–H and O–H groups in total. The molecule has 0 unspecified atom stereocenters. The molecular weight excluding hydrogens is 335 g/mol. The molecule has 19 heavy (non-hydrogen) atoms. The molecule has 0 atom stereocenters. The Morgan fingerprint density at radius 2 is 0.789 bits per heavy atom. The van der Waals surface area contributed by atoms with E-state index in [0.29, 0.717) is 18.2 Å². The second-order valence-corrected chi connectivity index (χ2v) is 7.33. The number of rotatable bonds is 3. The normalized spacial score (nSPS) is 12.8. The monoisotopic (exact) mass is 342 g/mol. The van der Waals surface area contributed by atoms with E-state index in [4.69, 9.17) is 13.7 Å². The molecule has 9 nitrogen and oxygen atoms in total.